The lowest BCUT2D eigenvalue weighted by molar-refractivity contribution is -0.137. The molecular formula is C13H17F3N2O. The number of rotatable bonds is 5. The molecule has 0 heterocycles. The van der Waals surface area contributed by atoms with Crippen molar-refractivity contribution in [3.8, 4) is 0 Å². The van der Waals surface area contributed by atoms with Crippen LogP contribution in [0.4, 0.5) is 13.2 Å². The molecule has 19 heavy (non-hydrogen) atoms. The van der Waals surface area contributed by atoms with Crippen LogP contribution in [0.25, 0.3) is 0 Å². The second-order valence-corrected chi connectivity index (χ2v) is 4.32. The summed E-state index contributed by atoms with van der Waals surface area (Å²) in [5, 5.41) is 2.69. The molecule has 0 aromatic heterocycles. The van der Waals surface area contributed by atoms with E-state index in [1.165, 1.54) is 12.1 Å². The largest absolute Gasteiger partial charge is 0.416 e. The molecule has 1 aromatic carbocycles. The lowest BCUT2D eigenvalue weighted by Crippen LogP contribution is -2.34. The van der Waals surface area contributed by atoms with Gasteiger partial charge in [0.25, 0.3) is 0 Å². The maximum absolute atomic E-state index is 12.4. The Hall–Kier alpha value is -1.56. The Kier molecular flexibility index (Phi) is 5.35. The zero-order valence-electron chi connectivity index (χ0n) is 10.9. The van der Waals surface area contributed by atoms with Crippen LogP contribution < -0.4 is 5.32 Å². The molecule has 0 aliphatic rings. The van der Waals surface area contributed by atoms with E-state index < -0.39 is 11.7 Å². The summed E-state index contributed by atoms with van der Waals surface area (Å²) in [6, 6.07) is 5.02. The molecule has 0 fully saturated rings. The Labute approximate surface area is 110 Å². The summed E-state index contributed by atoms with van der Waals surface area (Å²) in [5.41, 5.74) is 0.111. The number of carbonyl (C=O) groups is 1. The van der Waals surface area contributed by atoms with Crippen LogP contribution in [0.3, 0.4) is 0 Å². The maximum Gasteiger partial charge on any atom is 0.416 e. The van der Waals surface area contributed by atoms with Crippen molar-refractivity contribution in [1.82, 2.24) is 10.2 Å². The fourth-order valence-corrected chi connectivity index (χ4v) is 1.51. The van der Waals surface area contributed by atoms with Crippen LogP contribution in [-0.2, 0) is 17.5 Å². The lowest BCUT2D eigenvalue weighted by Gasteiger charge is -2.17. The van der Waals surface area contributed by atoms with Gasteiger partial charge in [-0.05, 0) is 24.7 Å². The number of alkyl halides is 3. The minimum atomic E-state index is -4.31. The number of nitrogens with zero attached hydrogens (tertiary/aromatic N) is 1. The summed E-state index contributed by atoms with van der Waals surface area (Å²) >= 11 is 0. The van der Waals surface area contributed by atoms with Crippen LogP contribution in [0.2, 0.25) is 0 Å². The minimum absolute atomic E-state index is 0.0562. The topological polar surface area (TPSA) is 32.3 Å². The van der Waals surface area contributed by atoms with Crippen molar-refractivity contribution in [2.45, 2.75) is 26.1 Å². The number of hydrogen-bond donors (Lipinski definition) is 1. The van der Waals surface area contributed by atoms with Crippen LogP contribution in [0, 0.1) is 0 Å². The summed E-state index contributed by atoms with van der Waals surface area (Å²) in [4.78, 5) is 12.9. The van der Waals surface area contributed by atoms with Crippen molar-refractivity contribution in [1.29, 1.82) is 0 Å². The molecular weight excluding hydrogens is 257 g/mol. The van der Waals surface area contributed by atoms with E-state index in [-0.39, 0.29) is 5.91 Å². The van der Waals surface area contributed by atoms with Gasteiger partial charge in [-0.1, -0.05) is 19.1 Å². The van der Waals surface area contributed by atoms with Crippen molar-refractivity contribution in [2.24, 2.45) is 0 Å². The van der Waals surface area contributed by atoms with Gasteiger partial charge in [0.1, 0.15) is 0 Å². The molecule has 0 saturated heterocycles. The lowest BCUT2D eigenvalue weighted by atomic mass is 10.1. The second-order valence-electron chi connectivity index (χ2n) is 4.32. The molecule has 106 valence electrons. The second kappa shape index (κ2) is 6.56. The predicted molar refractivity (Wildman–Crippen MR) is 66.2 cm³/mol. The van der Waals surface area contributed by atoms with Gasteiger partial charge >= 0.3 is 6.18 Å². The van der Waals surface area contributed by atoms with E-state index >= 15 is 0 Å². The van der Waals surface area contributed by atoms with Gasteiger partial charge < -0.3 is 5.32 Å². The van der Waals surface area contributed by atoms with Gasteiger partial charge in [-0.3, -0.25) is 9.69 Å². The van der Waals surface area contributed by atoms with E-state index in [0.29, 0.717) is 19.6 Å². The Bertz CT molecular complexity index is 415. The highest BCUT2D eigenvalue weighted by Crippen LogP contribution is 2.29. The van der Waals surface area contributed by atoms with Gasteiger partial charge in [0.15, 0.2) is 0 Å². The third-order valence-corrected chi connectivity index (χ3v) is 2.60. The van der Waals surface area contributed by atoms with E-state index in [2.05, 4.69) is 5.32 Å². The number of nitrogens with one attached hydrogen (secondary N) is 1. The molecule has 1 rings (SSSR count). The fourth-order valence-electron chi connectivity index (χ4n) is 1.51. The maximum atomic E-state index is 12.4. The molecule has 6 heteroatoms. The van der Waals surface area contributed by atoms with Crippen LogP contribution in [0.1, 0.15) is 24.5 Å². The van der Waals surface area contributed by atoms with Crippen molar-refractivity contribution >= 4 is 5.91 Å². The van der Waals surface area contributed by atoms with Crippen molar-refractivity contribution in [2.75, 3.05) is 13.7 Å². The van der Waals surface area contributed by atoms with Gasteiger partial charge in [-0.15, -0.1) is 0 Å². The van der Waals surface area contributed by atoms with Gasteiger partial charge in [0, 0.05) is 13.0 Å². The van der Waals surface area contributed by atoms with Crippen LogP contribution >= 0.6 is 0 Å². The number of amides is 1. The van der Waals surface area contributed by atoms with E-state index in [1.54, 1.807) is 14.0 Å². The molecule has 1 aromatic rings. The standard InChI is InChI=1S/C13H17F3N2O/c1-3-12(19)17-9-18(2)8-10-4-6-11(7-5-10)13(14,15)16/h4-7H,3,8-9H2,1-2H3,(H,17,19). The molecule has 0 spiro atoms. The Balaban J connectivity index is 2.51. The monoisotopic (exact) mass is 274 g/mol. The predicted octanol–water partition coefficient (Wildman–Crippen LogP) is 2.62. The molecule has 3 nitrogen and oxygen atoms in total. The van der Waals surface area contributed by atoms with E-state index in [1.807, 2.05) is 4.90 Å². The third kappa shape index (κ3) is 5.30. The Morgan fingerprint density at radius 1 is 1.26 bits per heavy atom. The Morgan fingerprint density at radius 2 is 1.84 bits per heavy atom. The number of hydrogen-bond acceptors (Lipinski definition) is 2. The van der Waals surface area contributed by atoms with Crippen LogP contribution in [0.5, 0.6) is 0 Å². The van der Waals surface area contributed by atoms with Crippen LogP contribution in [-0.4, -0.2) is 24.5 Å². The zero-order valence-corrected chi connectivity index (χ0v) is 10.9. The zero-order chi connectivity index (χ0) is 14.5. The summed E-state index contributed by atoms with van der Waals surface area (Å²) in [5.74, 6) is -0.0562. The SMILES string of the molecule is CCC(=O)NCN(C)Cc1ccc(C(F)(F)F)cc1. The highest BCUT2D eigenvalue weighted by atomic mass is 19.4. The summed E-state index contributed by atoms with van der Waals surface area (Å²) in [6.07, 6.45) is -3.90. The number of benzene rings is 1. The summed E-state index contributed by atoms with van der Waals surface area (Å²) in [7, 11) is 1.79. The smallest absolute Gasteiger partial charge is 0.343 e. The van der Waals surface area contributed by atoms with Crippen molar-refractivity contribution in [3.05, 3.63) is 35.4 Å². The summed E-state index contributed by atoms with van der Waals surface area (Å²) in [6.45, 7) is 2.60. The van der Waals surface area contributed by atoms with Gasteiger partial charge in [-0.25, -0.2) is 0 Å². The molecule has 1 N–H and O–H groups in total. The molecule has 0 aliphatic carbocycles. The van der Waals surface area contributed by atoms with E-state index in [4.69, 9.17) is 0 Å². The average molecular weight is 274 g/mol. The van der Waals surface area contributed by atoms with Gasteiger partial charge in [0.05, 0.1) is 12.2 Å². The molecule has 0 radical (unpaired) electrons. The highest BCUT2D eigenvalue weighted by molar-refractivity contribution is 5.75. The highest BCUT2D eigenvalue weighted by Gasteiger charge is 2.29. The molecule has 0 atom stereocenters. The summed E-state index contributed by atoms with van der Waals surface area (Å²) < 4.78 is 37.1. The minimum Gasteiger partial charge on any atom is -0.343 e. The normalized spacial score (nSPS) is 11.7. The first-order valence-electron chi connectivity index (χ1n) is 5.94. The van der Waals surface area contributed by atoms with E-state index in [9.17, 15) is 18.0 Å². The molecule has 0 saturated carbocycles. The average Bonchev–Trinajstić information content (AvgIpc) is 2.35. The molecule has 0 unspecified atom stereocenters. The van der Waals surface area contributed by atoms with E-state index in [0.717, 1.165) is 17.7 Å². The van der Waals surface area contributed by atoms with Crippen molar-refractivity contribution in [3.63, 3.8) is 0 Å². The molecule has 0 bridgehead atoms. The number of halogens is 3. The van der Waals surface area contributed by atoms with Crippen LogP contribution in [0.15, 0.2) is 24.3 Å². The first-order chi connectivity index (χ1) is 8.82. The number of carbonyl (C=O) groups excluding carboxylic acids is 1. The van der Waals surface area contributed by atoms with Gasteiger partial charge in [0.2, 0.25) is 5.91 Å². The fraction of sp³-hybridized carbons (Fsp3) is 0.462. The molecule has 1 amide bonds. The van der Waals surface area contributed by atoms with Crippen molar-refractivity contribution < 1.29 is 18.0 Å². The third-order valence-electron chi connectivity index (χ3n) is 2.60. The first kappa shape index (κ1) is 15.5. The molecule has 0 aliphatic heterocycles. The Morgan fingerprint density at radius 3 is 2.32 bits per heavy atom. The van der Waals surface area contributed by atoms with Gasteiger partial charge in [-0.2, -0.15) is 13.2 Å². The first-order valence-corrected chi connectivity index (χ1v) is 5.94. The quantitative estimate of drug-likeness (QED) is 0.837.